The van der Waals surface area contributed by atoms with Gasteiger partial charge in [0, 0.05) is 35.0 Å². The Kier molecular flexibility index (Phi) is 4.84. The first-order valence-corrected chi connectivity index (χ1v) is 9.27. The van der Waals surface area contributed by atoms with Crippen LogP contribution >= 0.6 is 11.6 Å². The number of aromatic nitrogens is 1. The molecule has 2 aromatic carbocycles. The van der Waals surface area contributed by atoms with E-state index >= 15 is 0 Å². The number of hydrogen-bond donors (Lipinski definition) is 1. The van der Waals surface area contributed by atoms with Gasteiger partial charge in [-0.3, -0.25) is 9.78 Å². The molecule has 2 heterocycles. The van der Waals surface area contributed by atoms with Crippen LogP contribution in [-0.4, -0.2) is 26.7 Å². The summed E-state index contributed by atoms with van der Waals surface area (Å²) >= 11 is 6.11. The average molecular weight is 392 g/mol. The Morgan fingerprint density at radius 1 is 1.11 bits per heavy atom. The smallest absolute Gasteiger partial charge is 0.274 e. The number of hydrazone groups is 1. The second kappa shape index (κ2) is 7.44. The number of carbonyl (C=O) groups is 1. The van der Waals surface area contributed by atoms with Crippen molar-refractivity contribution in [2.75, 3.05) is 0 Å². The van der Waals surface area contributed by atoms with Crippen molar-refractivity contribution in [1.29, 1.82) is 0 Å². The molecule has 6 heteroatoms. The minimum Gasteiger partial charge on any atom is -0.507 e. The molecule has 5 nitrogen and oxygen atoms in total. The summed E-state index contributed by atoms with van der Waals surface area (Å²) in [6.07, 6.45) is 3.64. The number of pyridine rings is 1. The molecule has 1 aliphatic rings. The fourth-order valence-electron chi connectivity index (χ4n) is 3.27. The van der Waals surface area contributed by atoms with Gasteiger partial charge in [-0.25, -0.2) is 5.01 Å². The van der Waals surface area contributed by atoms with E-state index < -0.39 is 0 Å². The summed E-state index contributed by atoms with van der Waals surface area (Å²) in [7, 11) is 0. The molecule has 140 valence electrons. The molecule has 0 bridgehead atoms. The van der Waals surface area contributed by atoms with Crippen molar-refractivity contribution in [2.45, 2.75) is 19.4 Å². The Morgan fingerprint density at radius 3 is 2.54 bits per heavy atom. The van der Waals surface area contributed by atoms with Gasteiger partial charge in [0.05, 0.1) is 11.8 Å². The van der Waals surface area contributed by atoms with Gasteiger partial charge in [0.15, 0.2) is 0 Å². The second-order valence-electron chi connectivity index (χ2n) is 6.72. The Labute approximate surface area is 167 Å². The number of halogens is 1. The highest BCUT2D eigenvalue weighted by atomic mass is 35.5. The van der Waals surface area contributed by atoms with Crippen LogP contribution in [0, 0.1) is 6.92 Å². The molecule has 0 radical (unpaired) electrons. The molecular formula is C22H18ClN3O2. The summed E-state index contributed by atoms with van der Waals surface area (Å²) in [6, 6.07) is 15.9. The molecule has 1 amide bonds. The zero-order valence-corrected chi connectivity index (χ0v) is 16.0. The zero-order chi connectivity index (χ0) is 19.7. The Hall–Kier alpha value is -3.18. The van der Waals surface area contributed by atoms with E-state index in [1.165, 1.54) is 11.1 Å². The molecule has 4 rings (SSSR count). The maximum Gasteiger partial charge on any atom is 0.274 e. The van der Waals surface area contributed by atoms with Crippen LogP contribution in [0.4, 0.5) is 0 Å². The Balaban J connectivity index is 1.77. The van der Waals surface area contributed by atoms with Crippen LogP contribution in [-0.2, 0) is 0 Å². The van der Waals surface area contributed by atoms with E-state index in [2.05, 4.69) is 10.1 Å². The topological polar surface area (TPSA) is 65.8 Å². The first-order chi connectivity index (χ1) is 13.5. The number of nitrogens with zero attached hydrogens (tertiary/aromatic N) is 3. The molecule has 0 saturated heterocycles. The molecule has 3 aromatic rings. The largest absolute Gasteiger partial charge is 0.507 e. The summed E-state index contributed by atoms with van der Waals surface area (Å²) in [5.74, 6) is -0.131. The molecule has 1 aliphatic heterocycles. The predicted octanol–water partition coefficient (Wildman–Crippen LogP) is 4.74. The van der Waals surface area contributed by atoms with E-state index in [1.54, 1.807) is 36.7 Å². The number of aryl methyl sites for hydroxylation is 1. The fraction of sp³-hybridized carbons (Fsp3) is 0.136. The number of rotatable bonds is 3. The zero-order valence-electron chi connectivity index (χ0n) is 15.2. The molecule has 0 spiro atoms. The Morgan fingerprint density at radius 2 is 1.82 bits per heavy atom. The summed E-state index contributed by atoms with van der Waals surface area (Å²) in [6.45, 7) is 2.02. The first kappa shape index (κ1) is 18.2. The predicted molar refractivity (Wildman–Crippen MR) is 109 cm³/mol. The van der Waals surface area contributed by atoms with E-state index in [4.69, 9.17) is 11.6 Å². The van der Waals surface area contributed by atoms with Gasteiger partial charge >= 0.3 is 0 Å². The van der Waals surface area contributed by atoms with Crippen molar-refractivity contribution in [1.82, 2.24) is 9.99 Å². The number of phenols is 1. The van der Waals surface area contributed by atoms with E-state index in [9.17, 15) is 9.90 Å². The number of aromatic hydroxyl groups is 1. The van der Waals surface area contributed by atoms with Crippen molar-refractivity contribution in [3.63, 3.8) is 0 Å². The standard InChI is InChI=1S/C22H18ClN3O2/c1-14-2-4-15(5-3-14)20-13-19(18-12-17(23)6-7-21(18)27)25-26(20)22(28)16-8-10-24-11-9-16/h2-12,20,27H,13H2,1H3/t20-/m0/s1. The summed E-state index contributed by atoms with van der Waals surface area (Å²) in [5, 5.41) is 16.8. The quantitative estimate of drug-likeness (QED) is 0.701. The van der Waals surface area contributed by atoms with Crippen molar-refractivity contribution in [2.24, 2.45) is 5.10 Å². The third-order valence-electron chi connectivity index (χ3n) is 4.78. The third-order valence-corrected chi connectivity index (χ3v) is 5.01. The van der Waals surface area contributed by atoms with Crippen molar-refractivity contribution in [3.8, 4) is 5.75 Å². The molecule has 0 unspecified atom stereocenters. The van der Waals surface area contributed by atoms with E-state index in [1.807, 2.05) is 31.2 Å². The molecule has 1 N–H and O–H groups in total. The number of benzene rings is 2. The van der Waals surface area contributed by atoms with Gasteiger partial charge in [-0.1, -0.05) is 41.4 Å². The maximum atomic E-state index is 13.1. The highest BCUT2D eigenvalue weighted by molar-refractivity contribution is 6.31. The lowest BCUT2D eigenvalue weighted by Crippen LogP contribution is -2.27. The molecule has 0 fully saturated rings. The normalized spacial score (nSPS) is 16.1. The van der Waals surface area contributed by atoms with Crippen molar-refractivity contribution >= 4 is 23.2 Å². The molecule has 28 heavy (non-hydrogen) atoms. The minimum atomic E-state index is -0.269. The second-order valence-corrected chi connectivity index (χ2v) is 7.16. The van der Waals surface area contributed by atoms with Crippen LogP contribution < -0.4 is 0 Å². The number of carbonyl (C=O) groups excluding carboxylic acids is 1. The van der Waals surface area contributed by atoms with Gasteiger partial charge in [0.25, 0.3) is 5.91 Å². The van der Waals surface area contributed by atoms with Gasteiger partial charge in [0.1, 0.15) is 5.75 Å². The SMILES string of the molecule is Cc1ccc([C@@H]2CC(c3cc(Cl)ccc3O)=NN2C(=O)c2ccncc2)cc1. The molecule has 1 atom stereocenters. The number of phenolic OH excluding ortho intramolecular Hbond substituents is 1. The molecular weight excluding hydrogens is 374 g/mol. The van der Waals surface area contributed by atoms with Crippen molar-refractivity contribution < 1.29 is 9.90 Å². The van der Waals surface area contributed by atoms with E-state index in [0.717, 1.165) is 11.1 Å². The maximum absolute atomic E-state index is 13.1. The lowest BCUT2D eigenvalue weighted by atomic mass is 9.97. The summed E-state index contributed by atoms with van der Waals surface area (Å²) in [4.78, 5) is 17.1. The van der Waals surface area contributed by atoms with Gasteiger partial charge < -0.3 is 5.11 Å². The van der Waals surface area contributed by atoms with Gasteiger partial charge in [-0.2, -0.15) is 5.10 Å². The fourth-order valence-corrected chi connectivity index (χ4v) is 3.45. The van der Waals surface area contributed by atoms with Crippen LogP contribution in [0.15, 0.2) is 72.1 Å². The van der Waals surface area contributed by atoms with E-state index in [0.29, 0.717) is 28.3 Å². The molecule has 0 saturated carbocycles. The lowest BCUT2D eigenvalue weighted by molar-refractivity contribution is 0.0711. The van der Waals surface area contributed by atoms with Crippen molar-refractivity contribution in [3.05, 3.63) is 94.3 Å². The Bertz CT molecular complexity index is 1050. The van der Waals surface area contributed by atoms with Crippen LogP contribution in [0.1, 0.15) is 39.5 Å². The highest BCUT2D eigenvalue weighted by Crippen LogP contribution is 2.36. The first-order valence-electron chi connectivity index (χ1n) is 8.89. The number of hydrogen-bond acceptors (Lipinski definition) is 4. The van der Waals surface area contributed by atoms with Crippen LogP contribution in [0.5, 0.6) is 5.75 Å². The lowest BCUT2D eigenvalue weighted by Gasteiger charge is -2.22. The minimum absolute atomic E-state index is 0.0871. The monoisotopic (exact) mass is 391 g/mol. The average Bonchev–Trinajstić information content (AvgIpc) is 3.15. The van der Waals surface area contributed by atoms with Crippen LogP contribution in [0.3, 0.4) is 0 Å². The summed E-state index contributed by atoms with van der Waals surface area (Å²) < 4.78 is 0. The number of amides is 1. The van der Waals surface area contributed by atoms with Crippen LogP contribution in [0.25, 0.3) is 0 Å². The van der Waals surface area contributed by atoms with E-state index in [-0.39, 0.29) is 17.7 Å². The van der Waals surface area contributed by atoms with Gasteiger partial charge in [-0.05, 0) is 42.8 Å². The summed E-state index contributed by atoms with van der Waals surface area (Å²) in [5.41, 5.74) is 3.78. The van der Waals surface area contributed by atoms with Gasteiger partial charge in [0.2, 0.25) is 0 Å². The highest BCUT2D eigenvalue weighted by Gasteiger charge is 2.34. The van der Waals surface area contributed by atoms with Gasteiger partial charge in [-0.15, -0.1) is 0 Å². The third kappa shape index (κ3) is 3.49. The van der Waals surface area contributed by atoms with Crippen LogP contribution in [0.2, 0.25) is 5.02 Å². The molecule has 0 aliphatic carbocycles. The molecule has 1 aromatic heterocycles.